The van der Waals surface area contributed by atoms with Gasteiger partial charge in [-0.2, -0.15) is 13.2 Å². The Morgan fingerprint density at radius 1 is 1.14 bits per heavy atom. The lowest BCUT2D eigenvalue weighted by Crippen LogP contribution is -2.13. The maximum Gasteiger partial charge on any atom is 0.416 e. The summed E-state index contributed by atoms with van der Waals surface area (Å²) in [6.45, 7) is 0. The SMILES string of the molecule is Nc1cc(-n2ccc3c2CCCC3=O)cc(C(F)(F)F)c1. The molecule has 0 unspecified atom stereocenters. The van der Waals surface area contributed by atoms with Gasteiger partial charge in [-0.3, -0.25) is 4.79 Å². The zero-order valence-corrected chi connectivity index (χ0v) is 11.1. The average molecular weight is 294 g/mol. The lowest BCUT2D eigenvalue weighted by atomic mass is 9.96. The summed E-state index contributed by atoms with van der Waals surface area (Å²) in [6, 6.07) is 5.10. The minimum atomic E-state index is -4.45. The molecule has 0 aliphatic heterocycles. The van der Waals surface area contributed by atoms with Crippen LogP contribution in [0.1, 0.15) is 34.5 Å². The molecule has 0 atom stereocenters. The largest absolute Gasteiger partial charge is 0.416 e. The highest BCUT2D eigenvalue weighted by Gasteiger charge is 2.31. The molecule has 0 bridgehead atoms. The fraction of sp³-hybridized carbons (Fsp3) is 0.267. The average Bonchev–Trinajstić information content (AvgIpc) is 2.82. The van der Waals surface area contributed by atoms with E-state index in [1.807, 2.05) is 0 Å². The van der Waals surface area contributed by atoms with E-state index in [1.165, 1.54) is 6.07 Å². The van der Waals surface area contributed by atoms with Crippen LogP contribution in [0.4, 0.5) is 18.9 Å². The monoisotopic (exact) mass is 294 g/mol. The van der Waals surface area contributed by atoms with E-state index in [-0.39, 0.29) is 11.5 Å². The van der Waals surface area contributed by atoms with E-state index in [0.29, 0.717) is 30.5 Å². The van der Waals surface area contributed by atoms with Crippen LogP contribution in [0, 0.1) is 0 Å². The number of halogens is 3. The first kappa shape index (κ1) is 13.7. The van der Waals surface area contributed by atoms with Gasteiger partial charge < -0.3 is 10.3 Å². The quantitative estimate of drug-likeness (QED) is 0.817. The van der Waals surface area contributed by atoms with Crippen molar-refractivity contribution < 1.29 is 18.0 Å². The zero-order chi connectivity index (χ0) is 15.2. The molecule has 3 rings (SSSR count). The van der Waals surface area contributed by atoms with Crippen LogP contribution in [0.25, 0.3) is 5.69 Å². The molecule has 0 amide bonds. The predicted molar refractivity (Wildman–Crippen MR) is 72.5 cm³/mol. The van der Waals surface area contributed by atoms with Gasteiger partial charge in [0.05, 0.1) is 5.56 Å². The highest BCUT2D eigenvalue weighted by atomic mass is 19.4. The number of Topliss-reactive ketones (excluding diaryl/α,β-unsaturated/α-hetero) is 1. The number of nitrogen functional groups attached to an aromatic ring is 1. The molecule has 2 N–H and O–H groups in total. The Kier molecular flexibility index (Phi) is 3.04. The number of alkyl halides is 3. The molecule has 1 heterocycles. The van der Waals surface area contributed by atoms with Gasteiger partial charge in [0.1, 0.15) is 0 Å². The topological polar surface area (TPSA) is 48.0 Å². The summed E-state index contributed by atoms with van der Waals surface area (Å²) in [6.07, 6.45) is -0.952. The summed E-state index contributed by atoms with van der Waals surface area (Å²) in [5.41, 5.74) is 6.52. The smallest absolute Gasteiger partial charge is 0.399 e. The van der Waals surface area contributed by atoms with Gasteiger partial charge in [-0.1, -0.05) is 0 Å². The summed E-state index contributed by atoms with van der Waals surface area (Å²) in [4.78, 5) is 11.8. The fourth-order valence-corrected chi connectivity index (χ4v) is 2.70. The molecule has 1 aromatic carbocycles. The van der Waals surface area contributed by atoms with Gasteiger partial charge in [0.15, 0.2) is 5.78 Å². The Bertz CT molecular complexity index is 716. The number of carbonyl (C=O) groups excluding carboxylic acids is 1. The van der Waals surface area contributed by atoms with Gasteiger partial charge >= 0.3 is 6.18 Å². The maximum absolute atomic E-state index is 12.9. The Hall–Kier alpha value is -2.24. The Balaban J connectivity index is 2.14. The van der Waals surface area contributed by atoms with Crippen LogP contribution < -0.4 is 5.73 Å². The summed E-state index contributed by atoms with van der Waals surface area (Å²) < 4.78 is 40.2. The Morgan fingerprint density at radius 2 is 1.90 bits per heavy atom. The van der Waals surface area contributed by atoms with Crippen molar-refractivity contribution in [2.24, 2.45) is 0 Å². The molecule has 0 saturated heterocycles. The van der Waals surface area contributed by atoms with Gasteiger partial charge in [0, 0.05) is 35.2 Å². The normalized spacial score (nSPS) is 15.1. The standard InChI is InChI=1S/C15H13F3N2O/c16-15(17,18)9-6-10(19)8-11(7-9)20-5-4-12-13(20)2-1-3-14(12)21/h4-8H,1-3,19H2. The van der Waals surface area contributed by atoms with Crippen molar-refractivity contribution in [2.75, 3.05) is 5.73 Å². The predicted octanol–water partition coefficient (Wildman–Crippen LogP) is 3.60. The second kappa shape index (κ2) is 4.65. The number of hydrogen-bond acceptors (Lipinski definition) is 2. The number of ketones is 1. The second-order valence-electron chi connectivity index (χ2n) is 5.13. The highest BCUT2D eigenvalue weighted by molar-refractivity contribution is 5.98. The number of anilines is 1. The molecule has 1 aromatic heterocycles. The highest BCUT2D eigenvalue weighted by Crippen LogP contribution is 2.33. The summed E-state index contributed by atoms with van der Waals surface area (Å²) in [5.74, 6) is 0.0370. The van der Waals surface area contributed by atoms with Crippen molar-refractivity contribution in [1.82, 2.24) is 4.57 Å². The summed E-state index contributed by atoms with van der Waals surface area (Å²) in [7, 11) is 0. The summed E-state index contributed by atoms with van der Waals surface area (Å²) >= 11 is 0. The van der Waals surface area contributed by atoms with Crippen molar-refractivity contribution in [3.63, 3.8) is 0 Å². The van der Waals surface area contributed by atoms with Gasteiger partial charge in [0.2, 0.25) is 0 Å². The van der Waals surface area contributed by atoms with Gasteiger partial charge in [0.25, 0.3) is 0 Å². The molecule has 21 heavy (non-hydrogen) atoms. The number of carbonyl (C=O) groups is 1. The molecule has 1 aliphatic rings. The van der Waals surface area contributed by atoms with Gasteiger partial charge in [-0.25, -0.2) is 0 Å². The van der Waals surface area contributed by atoms with Crippen molar-refractivity contribution in [1.29, 1.82) is 0 Å². The van der Waals surface area contributed by atoms with E-state index in [4.69, 9.17) is 5.73 Å². The molecule has 0 spiro atoms. The van der Waals surface area contributed by atoms with Crippen molar-refractivity contribution in [2.45, 2.75) is 25.4 Å². The van der Waals surface area contributed by atoms with Crippen LogP contribution in [-0.2, 0) is 12.6 Å². The van der Waals surface area contributed by atoms with Crippen LogP contribution in [0.3, 0.4) is 0 Å². The summed E-state index contributed by atoms with van der Waals surface area (Å²) in [5, 5.41) is 0. The molecule has 1 aliphatic carbocycles. The maximum atomic E-state index is 12.9. The Morgan fingerprint density at radius 3 is 2.62 bits per heavy atom. The van der Waals surface area contributed by atoms with Crippen molar-refractivity contribution in [3.05, 3.63) is 47.3 Å². The van der Waals surface area contributed by atoms with Crippen LogP contribution >= 0.6 is 0 Å². The molecular weight excluding hydrogens is 281 g/mol. The van der Waals surface area contributed by atoms with Crippen LogP contribution in [0.15, 0.2) is 30.5 Å². The third kappa shape index (κ3) is 2.41. The first-order valence-electron chi connectivity index (χ1n) is 6.58. The fourth-order valence-electron chi connectivity index (χ4n) is 2.70. The van der Waals surface area contributed by atoms with E-state index in [2.05, 4.69) is 0 Å². The van der Waals surface area contributed by atoms with E-state index in [1.54, 1.807) is 16.8 Å². The minimum Gasteiger partial charge on any atom is -0.399 e. The van der Waals surface area contributed by atoms with E-state index in [9.17, 15) is 18.0 Å². The number of fused-ring (bicyclic) bond motifs is 1. The molecule has 110 valence electrons. The molecule has 3 nitrogen and oxygen atoms in total. The number of hydrogen-bond donors (Lipinski definition) is 1. The van der Waals surface area contributed by atoms with E-state index in [0.717, 1.165) is 17.8 Å². The first-order chi connectivity index (χ1) is 9.86. The number of nitrogens with two attached hydrogens (primary N) is 1. The Labute approximate surface area is 119 Å². The number of rotatable bonds is 1. The molecule has 2 aromatic rings. The molecule has 0 radical (unpaired) electrons. The third-order valence-corrected chi connectivity index (χ3v) is 3.66. The molecular formula is C15H13F3N2O. The third-order valence-electron chi connectivity index (χ3n) is 3.66. The lowest BCUT2D eigenvalue weighted by Gasteiger charge is -2.17. The molecule has 0 saturated carbocycles. The van der Waals surface area contributed by atoms with E-state index < -0.39 is 11.7 Å². The zero-order valence-electron chi connectivity index (χ0n) is 11.1. The van der Waals surface area contributed by atoms with Crippen LogP contribution in [0.2, 0.25) is 0 Å². The number of aromatic nitrogens is 1. The van der Waals surface area contributed by atoms with Gasteiger partial charge in [-0.15, -0.1) is 0 Å². The van der Waals surface area contributed by atoms with Crippen LogP contribution in [0.5, 0.6) is 0 Å². The number of benzene rings is 1. The molecule has 0 fully saturated rings. The van der Waals surface area contributed by atoms with E-state index >= 15 is 0 Å². The van der Waals surface area contributed by atoms with Crippen LogP contribution in [-0.4, -0.2) is 10.4 Å². The minimum absolute atomic E-state index is 0.0370. The first-order valence-corrected chi connectivity index (χ1v) is 6.58. The molecule has 6 heteroatoms. The lowest BCUT2D eigenvalue weighted by molar-refractivity contribution is -0.137. The second-order valence-corrected chi connectivity index (χ2v) is 5.13. The van der Waals surface area contributed by atoms with Gasteiger partial charge in [-0.05, 0) is 37.1 Å². The van der Waals surface area contributed by atoms with Crippen molar-refractivity contribution >= 4 is 11.5 Å². The van der Waals surface area contributed by atoms with Crippen molar-refractivity contribution in [3.8, 4) is 5.69 Å². The number of nitrogens with zero attached hydrogens (tertiary/aromatic N) is 1.